The molecule has 1 aliphatic rings. The van der Waals surface area contributed by atoms with Gasteiger partial charge in [0.1, 0.15) is 5.82 Å². The average molecular weight is 498 g/mol. The number of H-pyrrole nitrogens is 1. The summed E-state index contributed by atoms with van der Waals surface area (Å²) in [7, 11) is 0. The van der Waals surface area contributed by atoms with Gasteiger partial charge in [-0.1, -0.05) is 48.5 Å². The fourth-order valence-corrected chi connectivity index (χ4v) is 5.45. The first-order valence-corrected chi connectivity index (χ1v) is 13.1. The molecule has 0 fully saturated rings. The van der Waals surface area contributed by atoms with Gasteiger partial charge in [0, 0.05) is 23.0 Å². The highest BCUT2D eigenvalue weighted by atomic mass is 16.4. The van der Waals surface area contributed by atoms with Gasteiger partial charge >= 0.3 is 0 Å². The van der Waals surface area contributed by atoms with Gasteiger partial charge in [-0.25, -0.2) is 9.97 Å². The van der Waals surface area contributed by atoms with Crippen LogP contribution in [0.3, 0.4) is 0 Å². The fourth-order valence-electron chi connectivity index (χ4n) is 5.45. The average Bonchev–Trinajstić information content (AvgIpc) is 3.64. The Morgan fingerprint density at radius 3 is 2.55 bits per heavy atom. The molecule has 6 heteroatoms. The van der Waals surface area contributed by atoms with Crippen molar-refractivity contribution in [1.82, 2.24) is 19.9 Å². The minimum Gasteiger partial charge on any atom is -0.436 e. The lowest BCUT2D eigenvalue weighted by molar-refractivity contribution is 0.501. The number of anilines is 1. The Morgan fingerprint density at radius 2 is 1.68 bits per heavy atom. The zero-order valence-electron chi connectivity index (χ0n) is 20.9. The molecule has 6 aromatic rings. The molecule has 1 atom stereocenters. The molecule has 1 N–H and O–H groups in total. The van der Waals surface area contributed by atoms with Crippen LogP contribution in [0.15, 0.2) is 108 Å². The second kappa shape index (κ2) is 9.63. The van der Waals surface area contributed by atoms with E-state index in [1.165, 1.54) is 11.3 Å². The molecule has 0 spiro atoms. The van der Waals surface area contributed by atoms with Crippen molar-refractivity contribution in [2.75, 3.05) is 4.90 Å². The van der Waals surface area contributed by atoms with E-state index >= 15 is 0 Å². The largest absolute Gasteiger partial charge is 0.436 e. The van der Waals surface area contributed by atoms with Gasteiger partial charge in [0.15, 0.2) is 5.76 Å². The molecule has 6 nitrogen and oxygen atoms in total. The predicted octanol–water partition coefficient (Wildman–Crippen LogP) is 7.36. The van der Waals surface area contributed by atoms with Gasteiger partial charge in [0.25, 0.3) is 0 Å². The van der Waals surface area contributed by atoms with E-state index in [-0.39, 0.29) is 6.04 Å². The molecular weight excluding hydrogens is 470 g/mol. The Balaban J connectivity index is 1.23. The van der Waals surface area contributed by atoms with E-state index in [0.717, 1.165) is 58.7 Å². The molecule has 0 saturated heterocycles. The van der Waals surface area contributed by atoms with E-state index in [0.29, 0.717) is 12.4 Å². The minimum absolute atomic E-state index is 0.172. The number of para-hydroxylation sites is 2. The van der Waals surface area contributed by atoms with Crippen LogP contribution in [0, 0.1) is 0 Å². The summed E-state index contributed by atoms with van der Waals surface area (Å²) >= 11 is 0. The monoisotopic (exact) mass is 497 g/mol. The van der Waals surface area contributed by atoms with Crippen LogP contribution in [-0.4, -0.2) is 19.9 Å². The first kappa shape index (κ1) is 22.5. The molecule has 1 aliphatic carbocycles. The molecule has 1 unspecified atom stereocenters. The minimum atomic E-state index is 0.172. The van der Waals surface area contributed by atoms with Crippen LogP contribution >= 0.6 is 0 Å². The maximum Gasteiger partial charge on any atom is 0.226 e. The summed E-state index contributed by atoms with van der Waals surface area (Å²) in [6.45, 7) is 0.659. The highest BCUT2D eigenvalue weighted by Crippen LogP contribution is 2.37. The van der Waals surface area contributed by atoms with Crippen molar-refractivity contribution in [3.05, 3.63) is 120 Å². The number of oxazole rings is 1. The standard InChI is InChI=1S/C32H27N5O/c1-2-8-22(9-3-1)29-20-34-32(38-29)24-15-17-25(18-16-24)37(21-30-35-26-12-4-5-13-27(26)36-30)28-14-6-10-23-11-7-19-33-31(23)28/h1-5,7-9,11-13,15-20,28H,6,10,14,21H2,(H,35,36). The molecule has 7 rings (SSSR count). The van der Waals surface area contributed by atoms with Gasteiger partial charge in [-0.3, -0.25) is 4.98 Å². The molecule has 0 bridgehead atoms. The lowest BCUT2D eigenvalue weighted by Gasteiger charge is -2.36. The maximum absolute atomic E-state index is 6.10. The van der Waals surface area contributed by atoms with Crippen LogP contribution in [-0.2, 0) is 13.0 Å². The summed E-state index contributed by atoms with van der Waals surface area (Å²) in [4.78, 5) is 20.2. The Hall–Kier alpha value is -4.71. The van der Waals surface area contributed by atoms with Crippen molar-refractivity contribution in [2.45, 2.75) is 31.8 Å². The van der Waals surface area contributed by atoms with Crippen LogP contribution in [0.4, 0.5) is 5.69 Å². The Morgan fingerprint density at radius 1 is 0.842 bits per heavy atom. The number of fused-ring (bicyclic) bond motifs is 2. The van der Waals surface area contributed by atoms with Crippen molar-refractivity contribution in [1.29, 1.82) is 0 Å². The molecule has 3 aromatic heterocycles. The smallest absolute Gasteiger partial charge is 0.226 e. The topological polar surface area (TPSA) is 70.8 Å². The molecule has 3 aromatic carbocycles. The van der Waals surface area contributed by atoms with Crippen LogP contribution < -0.4 is 4.90 Å². The third-order valence-electron chi connectivity index (χ3n) is 7.31. The number of hydrogen-bond acceptors (Lipinski definition) is 5. The molecule has 0 radical (unpaired) electrons. The number of benzene rings is 3. The first-order chi connectivity index (χ1) is 18.8. The normalized spacial score (nSPS) is 14.9. The number of aromatic nitrogens is 4. The maximum atomic E-state index is 6.10. The van der Waals surface area contributed by atoms with E-state index in [1.807, 2.05) is 60.8 Å². The quantitative estimate of drug-likeness (QED) is 0.260. The molecule has 186 valence electrons. The van der Waals surface area contributed by atoms with Crippen molar-refractivity contribution >= 4 is 16.7 Å². The summed E-state index contributed by atoms with van der Waals surface area (Å²) in [6, 6.07) is 31.1. The van der Waals surface area contributed by atoms with E-state index in [2.05, 4.69) is 51.3 Å². The summed E-state index contributed by atoms with van der Waals surface area (Å²) in [5, 5.41) is 0. The molecule has 38 heavy (non-hydrogen) atoms. The SMILES string of the molecule is c1ccc(-c2cnc(-c3ccc(N(Cc4nc5ccccc5[nH]4)C4CCCc5cccnc54)cc3)o2)cc1. The van der Waals surface area contributed by atoms with Crippen molar-refractivity contribution in [2.24, 2.45) is 0 Å². The number of aromatic amines is 1. The Kier molecular flexibility index (Phi) is 5.70. The second-order valence-corrected chi connectivity index (χ2v) is 9.73. The Bertz CT molecular complexity index is 1650. The third kappa shape index (κ3) is 4.24. The van der Waals surface area contributed by atoms with Crippen molar-refractivity contribution in [3.8, 4) is 22.8 Å². The highest BCUT2D eigenvalue weighted by Gasteiger charge is 2.28. The number of hydrogen-bond donors (Lipinski definition) is 1. The van der Waals surface area contributed by atoms with Crippen molar-refractivity contribution in [3.63, 3.8) is 0 Å². The lowest BCUT2D eigenvalue weighted by atomic mass is 9.90. The number of pyridine rings is 1. The highest BCUT2D eigenvalue weighted by molar-refractivity contribution is 5.75. The summed E-state index contributed by atoms with van der Waals surface area (Å²) in [6.07, 6.45) is 6.96. The second-order valence-electron chi connectivity index (χ2n) is 9.73. The summed E-state index contributed by atoms with van der Waals surface area (Å²) in [5.41, 5.74) is 7.62. The Labute approximate surface area is 221 Å². The number of aryl methyl sites for hydroxylation is 1. The molecular formula is C32H27N5O. The van der Waals surface area contributed by atoms with Crippen LogP contribution in [0.5, 0.6) is 0 Å². The van der Waals surface area contributed by atoms with Crippen LogP contribution in [0.1, 0.15) is 36.0 Å². The number of nitrogens with zero attached hydrogens (tertiary/aromatic N) is 4. The number of imidazole rings is 1. The molecule has 0 saturated carbocycles. The summed E-state index contributed by atoms with van der Waals surface area (Å²) in [5.74, 6) is 2.32. The third-order valence-corrected chi connectivity index (χ3v) is 7.31. The van der Waals surface area contributed by atoms with Crippen molar-refractivity contribution < 1.29 is 4.42 Å². The molecule has 0 amide bonds. The first-order valence-electron chi connectivity index (χ1n) is 13.1. The molecule has 3 heterocycles. The summed E-state index contributed by atoms with van der Waals surface area (Å²) < 4.78 is 6.10. The van der Waals surface area contributed by atoms with Gasteiger partial charge < -0.3 is 14.3 Å². The van der Waals surface area contributed by atoms with Gasteiger partial charge in [0.05, 0.1) is 35.5 Å². The van der Waals surface area contributed by atoms with E-state index in [9.17, 15) is 0 Å². The number of nitrogens with one attached hydrogen (secondary N) is 1. The van der Waals surface area contributed by atoms with E-state index in [1.54, 1.807) is 6.20 Å². The molecule has 0 aliphatic heterocycles. The van der Waals surface area contributed by atoms with Gasteiger partial charge in [0.2, 0.25) is 5.89 Å². The zero-order valence-corrected chi connectivity index (χ0v) is 20.9. The lowest BCUT2D eigenvalue weighted by Crippen LogP contribution is -2.32. The van der Waals surface area contributed by atoms with Gasteiger partial charge in [-0.2, -0.15) is 0 Å². The van der Waals surface area contributed by atoms with Crippen LogP contribution in [0.25, 0.3) is 33.8 Å². The number of rotatable bonds is 6. The zero-order chi connectivity index (χ0) is 25.3. The van der Waals surface area contributed by atoms with Crippen LogP contribution in [0.2, 0.25) is 0 Å². The fraction of sp³-hybridized carbons (Fsp3) is 0.156. The van der Waals surface area contributed by atoms with E-state index in [4.69, 9.17) is 14.4 Å². The van der Waals surface area contributed by atoms with Gasteiger partial charge in [-0.15, -0.1) is 0 Å². The van der Waals surface area contributed by atoms with Gasteiger partial charge in [-0.05, 0) is 67.3 Å². The predicted molar refractivity (Wildman–Crippen MR) is 150 cm³/mol. The van der Waals surface area contributed by atoms with E-state index < -0.39 is 0 Å².